The molecule has 0 aliphatic heterocycles. The molecule has 0 amide bonds. The Labute approximate surface area is 129 Å². The number of hydrogen-bond donors (Lipinski definition) is 0. The lowest BCUT2D eigenvalue weighted by Crippen LogP contribution is -1.87. The normalized spacial score (nSPS) is 10.5. The predicted molar refractivity (Wildman–Crippen MR) is 78.0 cm³/mol. The molecule has 0 bridgehead atoms. The lowest BCUT2D eigenvalue weighted by molar-refractivity contribution is 0.483. The summed E-state index contributed by atoms with van der Waals surface area (Å²) in [5, 5.41) is 1.73. The van der Waals surface area contributed by atoms with Crippen LogP contribution in [0.2, 0.25) is 25.1 Å². The number of ether oxygens (including phenoxy) is 1. The van der Waals surface area contributed by atoms with Gasteiger partial charge in [-0.1, -0.05) is 58.0 Å². The predicted octanol–water partition coefficient (Wildman–Crippen LogP) is 6.75. The van der Waals surface area contributed by atoms with Crippen molar-refractivity contribution in [3.8, 4) is 11.5 Å². The number of rotatable bonds is 2. The SMILES string of the molecule is Clc1ccc(Oc2ccc(Cl)c(Cl)c2Cl)c(Cl)c1. The van der Waals surface area contributed by atoms with Crippen molar-refractivity contribution in [2.45, 2.75) is 0 Å². The molecule has 0 radical (unpaired) electrons. The highest BCUT2D eigenvalue weighted by atomic mass is 35.5. The summed E-state index contributed by atoms with van der Waals surface area (Å²) in [7, 11) is 0. The standard InChI is InChI=1S/C12H5Cl5O/c13-6-1-3-9(8(15)5-6)18-10-4-2-7(14)11(16)12(10)17/h1-5H. The third-order valence-corrected chi connectivity index (χ3v) is 3.92. The molecule has 0 fully saturated rings. The highest BCUT2D eigenvalue weighted by molar-refractivity contribution is 6.48. The molecule has 2 rings (SSSR count). The maximum absolute atomic E-state index is 6.02. The minimum absolute atomic E-state index is 0.232. The third kappa shape index (κ3) is 2.98. The first-order valence-electron chi connectivity index (χ1n) is 4.75. The van der Waals surface area contributed by atoms with Crippen LogP contribution in [0.1, 0.15) is 0 Å². The van der Waals surface area contributed by atoms with Crippen molar-refractivity contribution >= 4 is 58.0 Å². The van der Waals surface area contributed by atoms with E-state index < -0.39 is 0 Å². The second-order valence-corrected chi connectivity index (χ2v) is 5.36. The summed E-state index contributed by atoms with van der Waals surface area (Å²) in [6.07, 6.45) is 0. The number of hydrogen-bond acceptors (Lipinski definition) is 1. The summed E-state index contributed by atoms with van der Waals surface area (Å²) in [6.45, 7) is 0. The van der Waals surface area contributed by atoms with Gasteiger partial charge in [-0.3, -0.25) is 0 Å². The smallest absolute Gasteiger partial charge is 0.147 e. The van der Waals surface area contributed by atoms with Crippen LogP contribution in [0.25, 0.3) is 0 Å². The molecule has 0 saturated carbocycles. The quantitative estimate of drug-likeness (QED) is 0.549. The Kier molecular flexibility index (Phi) is 4.52. The lowest BCUT2D eigenvalue weighted by atomic mass is 10.3. The highest BCUT2D eigenvalue weighted by Crippen LogP contribution is 2.40. The molecule has 1 nitrogen and oxygen atoms in total. The van der Waals surface area contributed by atoms with Crippen molar-refractivity contribution in [2.75, 3.05) is 0 Å². The lowest BCUT2D eigenvalue weighted by Gasteiger charge is -2.10. The van der Waals surface area contributed by atoms with Crippen LogP contribution >= 0.6 is 58.0 Å². The van der Waals surface area contributed by atoms with E-state index in [4.69, 9.17) is 62.7 Å². The molecule has 0 spiro atoms. The van der Waals surface area contributed by atoms with Gasteiger partial charge in [-0.15, -0.1) is 0 Å². The van der Waals surface area contributed by atoms with Crippen LogP contribution in [-0.2, 0) is 0 Å². The first-order valence-corrected chi connectivity index (χ1v) is 6.64. The fourth-order valence-electron chi connectivity index (χ4n) is 1.26. The van der Waals surface area contributed by atoms with Crippen LogP contribution in [0, 0.1) is 0 Å². The second-order valence-electron chi connectivity index (χ2n) is 3.35. The Morgan fingerprint density at radius 2 is 1.33 bits per heavy atom. The van der Waals surface area contributed by atoms with Gasteiger partial charge in [0.05, 0.1) is 15.1 Å². The van der Waals surface area contributed by atoms with Gasteiger partial charge < -0.3 is 4.74 Å². The summed E-state index contributed by atoms with van der Waals surface area (Å²) in [5.74, 6) is 0.802. The summed E-state index contributed by atoms with van der Waals surface area (Å²) in [4.78, 5) is 0. The fraction of sp³-hybridized carbons (Fsp3) is 0. The Bertz CT molecular complexity index is 597. The van der Waals surface area contributed by atoms with Gasteiger partial charge in [0.25, 0.3) is 0 Å². The second kappa shape index (κ2) is 5.77. The van der Waals surface area contributed by atoms with Crippen LogP contribution < -0.4 is 4.74 Å². The van der Waals surface area contributed by atoms with Crippen LogP contribution in [0.15, 0.2) is 30.3 Å². The van der Waals surface area contributed by atoms with Gasteiger partial charge in [0, 0.05) is 5.02 Å². The molecule has 6 heteroatoms. The summed E-state index contributed by atoms with van der Waals surface area (Å²) in [5.41, 5.74) is 0. The van der Waals surface area contributed by atoms with Crippen molar-refractivity contribution in [3.05, 3.63) is 55.4 Å². The van der Waals surface area contributed by atoms with E-state index in [1.54, 1.807) is 30.3 Å². The minimum atomic E-state index is 0.232. The molecule has 0 N–H and O–H groups in total. The minimum Gasteiger partial charge on any atom is -0.454 e. The van der Waals surface area contributed by atoms with Crippen LogP contribution in [0.4, 0.5) is 0 Å². The molecule has 0 unspecified atom stereocenters. The number of halogens is 5. The van der Waals surface area contributed by atoms with E-state index in [1.165, 1.54) is 0 Å². The van der Waals surface area contributed by atoms with E-state index in [-0.39, 0.29) is 10.0 Å². The van der Waals surface area contributed by atoms with E-state index in [1.807, 2.05) is 0 Å². The molecule has 0 saturated heterocycles. The molecule has 0 aliphatic rings. The van der Waals surface area contributed by atoms with E-state index in [9.17, 15) is 0 Å². The van der Waals surface area contributed by atoms with Crippen molar-refractivity contribution < 1.29 is 4.74 Å². The molecule has 0 aliphatic carbocycles. The van der Waals surface area contributed by atoms with E-state index >= 15 is 0 Å². The van der Waals surface area contributed by atoms with Crippen molar-refractivity contribution in [2.24, 2.45) is 0 Å². The zero-order chi connectivity index (χ0) is 13.3. The molecule has 0 heterocycles. The Hall–Kier alpha value is -0.310. The molecule has 94 valence electrons. The van der Waals surface area contributed by atoms with Crippen LogP contribution in [0.5, 0.6) is 11.5 Å². The summed E-state index contributed by atoms with van der Waals surface area (Å²) in [6, 6.07) is 8.08. The van der Waals surface area contributed by atoms with Gasteiger partial charge in [-0.2, -0.15) is 0 Å². The van der Waals surface area contributed by atoms with Crippen LogP contribution in [0.3, 0.4) is 0 Å². The average Bonchev–Trinajstić information content (AvgIpc) is 2.33. The molecule has 18 heavy (non-hydrogen) atoms. The Balaban J connectivity index is 2.37. The van der Waals surface area contributed by atoms with Crippen molar-refractivity contribution in [1.29, 1.82) is 0 Å². The number of benzene rings is 2. The fourth-order valence-corrected chi connectivity index (χ4v) is 2.28. The maximum Gasteiger partial charge on any atom is 0.147 e. The summed E-state index contributed by atoms with van der Waals surface area (Å²) < 4.78 is 5.57. The molecule has 0 aromatic heterocycles. The highest BCUT2D eigenvalue weighted by Gasteiger charge is 2.12. The molecule has 2 aromatic carbocycles. The van der Waals surface area contributed by atoms with Crippen molar-refractivity contribution in [3.63, 3.8) is 0 Å². The molecular formula is C12H5Cl5O. The first kappa shape index (κ1) is 14.1. The zero-order valence-electron chi connectivity index (χ0n) is 8.68. The van der Waals surface area contributed by atoms with Gasteiger partial charge in [-0.05, 0) is 30.3 Å². The summed E-state index contributed by atoms with van der Waals surface area (Å²) >= 11 is 29.5. The van der Waals surface area contributed by atoms with Gasteiger partial charge in [0.15, 0.2) is 0 Å². The zero-order valence-corrected chi connectivity index (χ0v) is 12.5. The topological polar surface area (TPSA) is 9.23 Å². The monoisotopic (exact) mass is 340 g/mol. The molecular weight excluding hydrogens is 337 g/mol. The molecule has 0 atom stereocenters. The first-order chi connectivity index (χ1) is 8.49. The Morgan fingerprint density at radius 1 is 0.667 bits per heavy atom. The van der Waals surface area contributed by atoms with Crippen molar-refractivity contribution in [1.82, 2.24) is 0 Å². The van der Waals surface area contributed by atoms with Gasteiger partial charge >= 0.3 is 0 Å². The largest absolute Gasteiger partial charge is 0.454 e. The van der Waals surface area contributed by atoms with Gasteiger partial charge in [0.2, 0.25) is 0 Å². The third-order valence-electron chi connectivity index (χ3n) is 2.11. The Morgan fingerprint density at radius 3 is 2.00 bits per heavy atom. The van der Waals surface area contributed by atoms with E-state index in [2.05, 4.69) is 0 Å². The average molecular weight is 342 g/mol. The van der Waals surface area contributed by atoms with E-state index in [0.717, 1.165) is 0 Å². The van der Waals surface area contributed by atoms with Crippen LogP contribution in [-0.4, -0.2) is 0 Å². The van der Waals surface area contributed by atoms with Gasteiger partial charge in [-0.25, -0.2) is 0 Å². The maximum atomic E-state index is 6.02. The van der Waals surface area contributed by atoms with E-state index in [0.29, 0.717) is 26.6 Å². The molecule has 2 aromatic rings. The van der Waals surface area contributed by atoms with Gasteiger partial charge in [0.1, 0.15) is 16.5 Å².